The zero-order chi connectivity index (χ0) is 18.0. The minimum Gasteiger partial charge on any atom is -0.365 e. The summed E-state index contributed by atoms with van der Waals surface area (Å²) in [5.74, 6) is -0.310. The summed E-state index contributed by atoms with van der Waals surface area (Å²) in [6.07, 6.45) is 0. The second kappa shape index (κ2) is 7.13. The normalized spacial score (nSPS) is 17.5. The van der Waals surface area contributed by atoms with Gasteiger partial charge < -0.3 is 15.1 Å². The standard InChI is InChI=1S/C20H24FN3O/c1-14-5-4-6-18(11-14)24-10-9-23(13-16(24)3)20(25)22-17-8-7-15(2)19(21)12-17/h4-8,11-12,16H,9-10,13H2,1-3H3,(H,22,25). The van der Waals surface area contributed by atoms with Gasteiger partial charge in [0.25, 0.3) is 0 Å². The lowest BCUT2D eigenvalue weighted by atomic mass is 10.1. The molecule has 1 aliphatic rings. The second-order valence-corrected chi connectivity index (χ2v) is 6.72. The van der Waals surface area contributed by atoms with Crippen LogP contribution in [0.1, 0.15) is 18.1 Å². The summed E-state index contributed by atoms with van der Waals surface area (Å²) in [4.78, 5) is 16.6. The Morgan fingerprint density at radius 1 is 1.16 bits per heavy atom. The van der Waals surface area contributed by atoms with Crippen molar-refractivity contribution in [2.75, 3.05) is 29.9 Å². The number of aryl methyl sites for hydroxylation is 2. The first-order chi connectivity index (χ1) is 11.9. The van der Waals surface area contributed by atoms with Gasteiger partial charge in [-0.2, -0.15) is 0 Å². The molecule has 1 atom stereocenters. The third kappa shape index (κ3) is 3.92. The monoisotopic (exact) mass is 341 g/mol. The van der Waals surface area contributed by atoms with Crippen LogP contribution in [0.15, 0.2) is 42.5 Å². The lowest BCUT2D eigenvalue weighted by Crippen LogP contribution is -2.54. The number of halogens is 1. The maximum Gasteiger partial charge on any atom is 0.321 e. The average molecular weight is 341 g/mol. The molecule has 0 aromatic heterocycles. The molecule has 1 unspecified atom stereocenters. The Labute approximate surface area is 148 Å². The molecule has 0 aliphatic carbocycles. The van der Waals surface area contributed by atoms with Crippen molar-refractivity contribution in [3.63, 3.8) is 0 Å². The molecule has 1 aliphatic heterocycles. The summed E-state index contributed by atoms with van der Waals surface area (Å²) in [6.45, 7) is 7.95. The molecular formula is C20H24FN3O. The Bertz CT molecular complexity index is 777. The van der Waals surface area contributed by atoms with Gasteiger partial charge >= 0.3 is 6.03 Å². The number of benzene rings is 2. The molecule has 0 saturated carbocycles. The summed E-state index contributed by atoms with van der Waals surface area (Å²) in [6, 6.07) is 13.2. The Morgan fingerprint density at radius 2 is 1.96 bits per heavy atom. The van der Waals surface area contributed by atoms with E-state index in [4.69, 9.17) is 0 Å². The molecule has 4 nitrogen and oxygen atoms in total. The molecule has 1 saturated heterocycles. The van der Waals surface area contributed by atoms with Gasteiger partial charge in [-0.1, -0.05) is 18.2 Å². The van der Waals surface area contributed by atoms with Crippen LogP contribution in [0.25, 0.3) is 0 Å². The third-order valence-corrected chi connectivity index (χ3v) is 4.67. The summed E-state index contributed by atoms with van der Waals surface area (Å²) in [5.41, 5.74) is 3.47. The number of carbonyl (C=O) groups is 1. The van der Waals surface area contributed by atoms with Crippen LogP contribution >= 0.6 is 0 Å². The van der Waals surface area contributed by atoms with E-state index in [9.17, 15) is 9.18 Å². The molecule has 0 bridgehead atoms. The van der Waals surface area contributed by atoms with E-state index < -0.39 is 0 Å². The van der Waals surface area contributed by atoms with Crippen LogP contribution in [0.5, 0.6) is 0 Å². The van der Waals surface area contributed by atoms with Crippen LogP contribution in [-0.2, 0) is 0 Å². The number of nitrogens with zero attached hydrogens (tertiary/aromatic N) is 2. The van der Waals surface area contributed by atoms with Crippen molar-refractivity contribution in [1.29, 1.82) is 0 Å². The molecule has 3 rings (SSSR count). The minimum absolute atomic E-state index is 0.181. The molecule has 1 N–H and O–H groups in total. The topological polar surface area (TPSA) is 35.6 Å². The molecular weight excluding hydrogens is 317 g/mol. The van der Waals surface area contributed by atoms with Crippen molar-refractivity contribution in [1.82, 2.24) is 4.90 Å². The van der Waals surface area contributed by atoms with E-state index in [1.54, 1.807) is 24.0 Å². The molecule has 1 fully saturated rings. The van der Waals surface area contributed by atoms with Crippen molar-refractivity contribution in [3.8, 4) is 0 Å². The molecule has 2 aromatic rings. The van der Waals surface area contributed by atoms with Gasteiger partial charge in [-0.15, -0.1) is 0 Å². The van der Waals surface area contributed by atoms with Gasteiger partial charge in [-0.25, -0.2) is 9.18 Å². The molecule has 132 valence electrons. The largest absolute Gasteiger partial charge is 0.365 e. The number of anilines is 2. The van der Waals surface area contributed by atoms with Crippen molar-refractivity contribution in [3.05, 3.63) is 59.4 Å². The SMILES string of the molecule is Cc1cccc(N2CCN(C(=O)Nc3ccc(C)c(F)c3)CC2C)c1. The maximum atomic E-state index is 13.6. The van der Waals surface area contributed by atoms with Crippen molar-refractivity contribution in [2.45, 2.75) is 26.8 Å². The molecule has 2 aromatic carbocycles. The predicted molar refractivity (Wildman–Crippen MR) is 99.7 cm³/mol. The van der Waals surface area contributed by atoms with Crippen molar-refractivity contribution >= 4 is 17.4 Å². The van der Waals surface area contributed by atoms with Crippen LogP contribution < -0.4 is 10.2 Å². The van der Waals surface area contributed by atoms with Gasteiger partial charge in [0.05, 0.1) is 0 Å². The Balaban J connectivity index is 1.64. The highest BCUT2D eigenvalue weighted by molar-refractivity contribution is 5.89. The molecule has 0 spiro atoms. The molecule has 0 radical (unpaired) electrons. The first kappa shape index (κ1) is 17.3. The van der Waals surface area contributed by atoms with Gasteiger partial charge in [0, 0.05) is 37.1 Å². The quantitative estimate of drug-likeness (QED) is 0.889. The summed E-state index contributed by atoms with van der Waals surface area (Å²) in [5, 5.41) is 2.79. The fourth-order valence-corrected chi connectivity index (χ4v) is 3.21. The Kier molecular flexibility index (Phi) is 4.93. The highest BCUT2D eigenvalue weighted by atomic mass is 19.1. The maximum absolute atomic E-state index is 13.6. The summed E-state index contributed by atoms with van der Waals surface area (Å²) >= 11 is 0. The van der Waals surface area contributed by atoms with E-state index in [2.05, 4.69) is 48.3 Å². The van der Waals surface area contributed by atoms with Crippen LogP contribution in [0.4, 0.5) is 20.6 Å². The van der Waals surface area contributed by atoms with E-state index in [0.717, 1.165) is 6.54 Å². The van der Waals surface area contributed by atoms with Crippen molar-refractivity contribution < 1.29 is 9.18 Å². The minimum atomic E-state index is -0.310. The number of rotatable bonds is 2. The van der Waals surface area contributed by atoms with Crippen LogP contribution in [-0.4, -0.2) is 36.6 Å². The van der Waals surface area contributed by atoms with E-state index in [-0.39, 0.29) is 17.9 Å². The first-order valence-corrected chi connectivity index (χ1v) is 8.59. The fourth-order valence-electron chi connectivity index (χ4n) is 3.21. The smallest absolute Gasteiger partial charge is 0.321 e. The number of amides is 2. The van der Waals surface area contributed by atoms with Crippen LogP contribution in [0.2, 0.25) is 0 Å². The second-order valence-electron chi connectivity index (χ2n) is 6.72. The molecule has 2 amide bonds. The number of carbonyl (C=O) groups excluding carboxylic acids is 1. The lowest BCUT2D eigenvalue weighted by Gasteiger charge is -2.41. The Hall–Kier alpha value is -2.56. The Morgan fingerprint density at radius 3 is 2.64 bits per heavy atom. The number of hydrogen-bond donors (Lipinski definition) is 1. The van der Waals surface area contributed by atoms with E-state index >= 15 is 0 Å². The molecule has 1 heterocycles. The fraction of sp³-hybridized carbons (Fsp3) is 0.350. The summed E-state index contributed by atoms with van der Waals surface area (Å²) in [7, 11) is 0. The van der Waals surface area contributed by atoms with E-state index in [0.29, 0.717) is 24.3 Å². The zero-order valence-electron chi connectivity index (χ0n) is 14.9. The van der Waals surface area contributed by atoms with Gasteiger partial charge in [0.15, 0.2) is 0 Å². The van der Waals surface area contributed by atoms with E-state index in [1.165, 1.54) is 17.3 Å². The third-order valence-electron chi connectivity index (χ3n) is 4.67. The van der Waals surface area contributed by atoms with Gasteiger partial charge in [0.1, 0.15) is 5.82 Å². The summed E-state index contributed by atoms with van der Waals surface area (Å²) < 4.78 is 13.6. The van der Waals surface area contributed by atoms with Crippen LogP contribution in [0, 0.1) is 19.7 Å². The van der Waals surface area contributed by atoms with Crippen LogP contribution in [0.3, 0.4) is 0 Å². The van der Waals surface area contributed by atoms with Crippen molar-refractivity contribution in [2.24, 2.45) is 0 Å². The highest BCUT2D eigenvalue weighted by Gasteiger charge is 2.27. The zero-order valence-corrected chi connectivity index (χ0v) is 14.9. The number of urea groups is 1. The lowest BCUT2D eigenvalue weighted by molar-refractivity contribution is 0.200. The molecule has 5 heteroatoms. The van der Waals surface area contributed by atoms with Gasteiger partial charge in [-0.3, -0.25) is 0 Å². The number of piperazine rings is 1. The number of hydrogen-bond acceptors (Lipinski definition) is 2. The highest BCUT2D eigenvalue weighted by Crippen LogP contribution is 2.22. The molecule has 25 heavy (non-hydrogen) atoms. The van der Waals surface area contributed by atoms with Gasteiger partial charge in [-0.05, 0) is 56.2 Å². The number of nitrogens with one attached hydrogen (secondary N) is 1. The predicted octanol–water partition coefficient (Wildman–Crippen LogP) is 4.19. The van der Waals surface area contributed by atoms with E-state index in [1.807, 2.05) is 0 Å². The first-order valence-electron chi connectivity index (χ1n) is 8.59. The average Bonchev–Trinajstić information content (AvgIpc) is 2.58. The van der Waals surface area contributed by atoms with Gasteiger partial charge in [0.2, 0.25) is 0 Å².